The van der Waals surface area contributed by atoms with Crippen LogP contribution in [0, 0.1) is 17.7 Å². The molecule has 1 aromatic carbocycles. The van der Waals surface area contributed by atoms with Crippen molar-refractivity contribution in [3.8, 4) is 11.8 Å². The summed E-state index contributed by atoms with van der Waals surface area (Å²) in [5.41, 5.74) is 0.260. The van der Waals surface area contributed by atoms with Gasteiger partial charge in [0, 0.05) is 11.1 Å². The number of carbonyl (C=O) groups excluding carboxylic acids is 4. The van der Waals surface area contributed by atoms with Gasteiger partial charge in [0.05, 0.1) is 0 Å². The average Bonchev–Trinajstić information content (AvgIpc) is 2.98. The van der Waals surface area contributed by atoms with E-state index in [0.717, 1.165) is 6.07 Å². The Kier molecular flexibility index (Phi) is 3.42. The maximum atomic E-state index is 14.1. The molecule has 2 heterocycles. The zero-order chi connectivity index (χ0) is 16.6. The molecule has 0 radical (unpaired) electrons. The molecule has 0 aromatic heterocycles. The number of amides is 6. The van der Waals surface area contributed by atoms with Crippen molar-refractivity contribution in [2.45, 2.75) is 12.1 Å². The van der Waals surface area contributed by atoms with E-state index in [2.05, 4.69) is 22.5 Å². The largest absolute Gasteiger partial charge is 0.322 e. The summed E-state index contributed by atoms with van der Waals surface area (Å²) < 4.78 is 14.1. The highest BCUT2D eigenvalue weighted by Crippen LogP contribution is 2.20. The first-order chi connectivity index (χ1) is 10.9. The highest BCUT2D eigenvalue weighted by Gasteiger charge is 2.32. The summed E-state index contributed by atoms with van der Waals surface area (Å²) in [6.07, 6.45) is 0. The van der Waals surface area contributed by atoms with E-state index in [1.54, 1.807) is 0 Å². The molecule has 2 fully saturated rings. The van der Waals surface area contributed by atoms with Gasteiger partial charge in [-0.15, -0.1) is 0 Å². The highest BCUT2D eigenvalue weighted by atomic mass is 19.1. The molecule has 116 valence electrons. The summed E-state index contributed by atoms with van der Waals surface area (Å²) in [5, 5.41) is 8.61. The lowest BCUT2D eigenvalue weighted by molar-refractivity contribution is -0.120. The van der Waals surface area contributed by atoms with Crippen LogP contribution in [0.4, 0.5) is 14.0 Å². The number of rotatable bonds is 1. The van der Waals surface area contributed by atoms with Crippen LogP contribution in [0.25, 0.3) is 0 Å². The Hall–Kier alpha value is -3.41. The highest BCUT2D eigenvalue weighted by molar-refractivity contribution is 6.06. The first-order valence-electron chi connectivity index (χ1n) is 6.48. The van der Waals surface area contributed by atoms with Crippen molar-refractivity contribution < 1.29 is 23.6 Å². The minimum Gasteiger partial charge on any atom is -0.322 e. The van der Waals surface area contributed by atoms with Gasteiger partial charge < -0.3 is 10.6 Å². The van der Waals surface area contributed by atoms with Gasteiger partial charge in [0.2, 0.25) is 0 Å². The number of carbonyl (C=O) groups is 4. The molecule has 3 rings (SSSR count). The van der Waals surface area contributed by atoms with E-state index < -0.39 is 41.8 Å². The molecule has 4 N–H and O–H groups in total. The molecule has 2 aliphatic heterocycles. The molecule has 2 unspecified atom stereocenters. The SMILES string of the molecule is O=C1NC(=O)C(C#Cc2ccc(C3NC(=O)NC3=O)c(F)c2)N1. The van der Waals surface area contributed by atoms with Crippen LogP contribution in [0.1, 0.15) is 17.2 Å². The van der Waals surface area contributed by atoms with Gasteiger partial charge in [-0.2, -0.15) is 0 Å². The topological polar surface area (TPSA) is 116 Å². The van der Waals surface area contributed by atoms with Crippen LogP contribution in [0.3, 0.4) is 0 Å². The molecule has 9 heteroatoms. The van der Waals surface area contributed by atoms with Crippen LogP contribution < -0.4 is 21.3 Å². The van der Waals surface area contributed by atoms with Crippen LogP contribution in [-0.4, -0.2) is 29.9 Å². The van der Waals surface area contributed by atoms with Gasteiger partial charge in [0.1, 0.15) is 11.9 Å². The summed E-state index contributed by atoms with van der Waals surface area (Å²) >= 11 is 0. The van der Waals surface area contributed by atoms with E-state index >= 15 is 0 Å². The molecule has 0 bridgehead atoms. The van der Waals surface area contributed by atoms with Gasteiger partial charge in [-0.25, -0.2) is 14.0 Å². The number of hydrogen-bond donors (Lipinski definition) is 4. The molecule has 0 saturated carbocycles. The molecule has 0 spiro atoms. The van der Waals surface area contributed by atoms with Gasteiger partial charge in [0.25, 0.3) is 11.8 Å². The second-order valence-corrected chi connectivity index (χ2v) is 4.80. The van der Waals surface area contributed by atoms with Crippen LogP contribution in [0.5, 0.6) is 0 Å². The Morgan fingerprint density at radius 1 is 0.957 bits per heavy atom. The zero-order valence-electron chi connectivity index (χ0n) is 11.4. The summed E-state index contributed by atoms with van der Waals surface area (Å²) in [6.45, 7) is 0. The van der Waals surface area contributed by atoms with Gasteiger partial charge in [-0.3, -0.25) is 20.2 Å². The number of nitrogens with one attached hydrogen (secondary N) is 4. The van der Waals surface area contributed by atoms with Crippen molar-refractivity contribution in [2.75, 3.05) is 0 Å². The Balaban J connectivity index is 1.81. The molecule has 1 aromatic rings. The van der Waals surface area contributed by atoms with Crippen molar-refractivity contribution in [3.63, 3.8) is 0 Å². The average molecular weight is 316 g/mol. The second-order valence-electron chi connectivity index (χ2n) is 4.80. The van der Waals surface area contributed by atoms with Gasteiger partial charge in [-0.1, -0.05) is 17.9 Å². The number of urea groups is 2. The lowest BCUT2D eigenvalue weighted by Crippen LogP contribution is -2.26. The van der Waals surface area contributed by atoms with E-state index in [1.807, 2.05) is 10.6 Å². The third kappa shape index (κ3) is 2.82. The van der Waals surface area contributed by atoms with Crippen molar-refractivity contribution in [1.82, 2.24) is 21.3 Å². The molecular weight excluding hydrogens is 307 g/mol. The first-order valence-corrected chi connectivity index (χ1v) is 6.48. The fraction of sp³-hybridized carbons (Fsp3) is 0.143. The molecule has 8 nitrogen and oxygen atoms in total. The normalized spacial score (nSPS) is 22.7. The Morgan fingerprint density at radius 2 is 1.65 bits per heavy atom. The van der Waals surface area contributed by atoms with E-state index in [0.29, 0.717) is 0 Å². The van der Waals surface area contributed by atoms with Crippen molar-refractivity contribution >= 4 is 23.9 Å². The third-order valence-electron chi connectivity index (χ3n) is 3.22. The maximum absolute atomic E-state index is 14.1. The molecule has 6 amide bonds. The summed E-state index contributed by atoms with van der Waals surface area (Å²) in [6, 6.07) is 0.425. The molecular formula is C14H9FN4O4. The monoisotopic (exact) mass is 316 g/mol. The van der Waals surface area contributed by atoms with Crippen molar-refractivity contribution in [3.05, 3.63) is 35.1 Å². The lowest BCUT2D eigenvalue weighted by Gasteiger charge is -2.08. The second kappa shape index (κ2) is 5.42. The molecule has 2 saturated heterocycles. The summed E-state index contributed by atoms with van der Waals surface area (Å²) in [5.74, 6) is 3.12. The fourth-order valence-electron chi connectivity index (χ4n) is 2.15. The predicted octanol–water partition coefficient (Wildman–Crippen LogP) is -0.734. The Morgan fingerprint density at radius 3 is 2.22 bits per heavy atom. The number of hydrogen-bond acceptors (Lipinski definition) is 4. The third-order valence-corrected chi connectivity index (χ3v) is 3.22. The van der Waals surface area contributed by atoms with Crippen LogP contribution >= 0.6 is 0 Å². The standard InChI is InChI=1S/C14H9FN4O4/c15-8-5-6(2-4-9-11(20)18-13(22)16-9)1-3-7(8)10-12(21)19-14(23)17-10/h1,3,5,9-10H,(H2,16,18,20,22)(H2,17,19,21,23). The van der Waals surface area contributed by atoms with Crippen molar-refractivity contribution in [2.24, 2.45) is 0 Å². The van der Waals surface area contributed by atoms with E-state index in [4.69, 9.17) is 0 Å². The molecule has 2 aliphatic rings. The van der Waals surface area contributed by atoms with Crippen LogP contribution in [0.15, 0.2) is 18.2 Å². The van der Waals surface area contributed by atoms with Gasteiger partial charge in [-0.05, 0) is 12.1 Å². The molecule has 23 heavy (non-hydrogen) atoms. The Bertz CT molecular complexity index is 811. The number of imide groups is 2. The smallest absolute Gasteiger partial charge is 0.322 e. The van der Waals surface area contributed by atoms with Crippen LogP contribution in [-0.2, 0) is 9.59 Å². The quantitative estimate of drug-likeness (QED) is 0.403. The number of benzene rings is 1. The van der Waals surface area contributed by atoms with E-state index in [9.17, 15) is 23.6 Å². The fourth-order valence-corrected chi connectivity index (χ4v) is 2.15. The minimum atomic E-state index is -1.09. The molecule has 0 aliphatic carbocycles. The zero-order valence-corrected chi connectivity index (χ0v) is 11.4. The Labute approximate surface area is 128 Å². The van der Waals surface area contributed by atoms with E-state index in [1.165, 1.54) is 12.1 Å². The number of halogens is 1. The molecule has 2 atom stereocenters. The predicted molar refractivity (Wildman–Crippen MR) is 73.2 cm³/mol. The van der Waals surface area contributed by atoms with Gasteiger partial charge >= 0.3 is 12.1 Å². The van der Waals surface area contributed by atoms with Crippen LogP contribution in [0.2, 0.25) is 0 Å². The maximum Gasteiger partial charge on any atom is 0.322 e. The minimum absolute atomic E-state index is 0.00538. The summed E-state index contributed by atoms with van der Waals surface area (Å²) in [7, 11) is 0. The first kappa shape index (κ1) is 14.5. The van der Waals surface area contributed by atoms with E-state index in [-0.39, 0.29) is 11.1 Å². The van der Waals surface area contributed by atoms with Gasteiger partial charge in [0.15, 0.2) is 6.04 Å². The lowest BCUT2D eigenvalue weighted by atomic mass is 10.0. The summed E-state index contributed by atoms with van der Waals surface area (Å²) in [4.78, 5) is 44.8. The van der Waals surface area contributed by atoms with Crippen molar-refractivity contribution in [1.29, 1.82) is 0 Å².